The Balaban J connectivity index is 1.86. The molecular formula is C15H21ClFN. The largest absolute Gasteiger partial charge is 0.312 e. The lowest BCUT2D eigenvalue weighted by atomic mass is 9.76. The highest BCUT2D eigenvalue weighted by Crippen LogP contribution is 2.35. The monoisotopic (exact) mass is 269 g/mol. The number of hydrogen-bond acceptors (Lipinski definition) is 1. The van der Waals surface area contributed by atoms with Crippen molar-refractivity contribution in [2.45, 2.75) is 45.6 Å². The summed E-state index contributed by atoms with van der Waals surface area (Å²) in [5, 5.41) is 4.07. The van der Waals surface area contributed by atoms with Crippen LogP contribution in [0.15, 0.2) is 18.2 Å². The second-order valence-corrected chi connectivity index (χ2v) is 6.12. The molecule has 0 amide bonds. The van der Waals surface area contributed by atoms with E-state index in [0.717, 1.165) is 12.1 Å². The molecule has 0 atom stereocenters. The van der Waals surface area contributed by atoms with Crippen molar-refractivity contribution in [1.82, 2.24) is 5.32 Å². The summed E-state index contributed by atoms with van der Waals surface area (Å²) in [5.74, 6) is -0.222. The van der Waals surface area contributed by atoms with Crippen LogP contribution in [0.5, 0.6) is 0 Å². The van der Waals surface area contributed by atoms with Gasteiger partial charge in [0.25, 0.3) is 0 Å². The van der Waals surface area contributed by atoms with E-state index in [1.165, 1.54) is 44.2 Å². The maximum Gasteiger partial charge on any atom is 0.123 e. The number of rotatable bonds is 4. The molecule has 0 unspecified atom stereocenters. The van der Waals surface area contributed by atoms with Gasteiger partial charge in [-0.05, 0) is 42.0 Å². The fraction of sp³-hybridized carbons (Fsp3) is 0.600. The summed E-state index contributed by atoms with van der Waals surface area (Å²) in [4.78, 5) is 0. The second-order valence-electron chi connectivity index (χ2n) is 5.71. The van der Waals surface area contributed by atoms with E-state index in [-0.39, 0.29) is 5.82 Å². The van der Waals surface area contributed by atoms with Crippen LogP contribution in [0.1, 0.15) is 44.6 Å². The Labute approximate surface area is 114 Å². The van der Waals surface area contributed by atoms with Crippen LogP contribution in [-0.2, 0) is 6.54 Å². The molecule has 1 aromatic rings. The van der Waals surface area contributed by atoms with Crippen LogP contribution in [0.2, 0.25) is 5.02 Å². The molecule has 0 bridgehead atoms. The Morgan fingerprint density at radius 2 is 2.00 bits per heavy atom. The van der Waals surface area contributed by atoms with E-state index < -0.39 is 0 Å². The predicted molar refractivity (Wildman–Crippen MR) is 74.3 cm³/mol. The van der Waals surface area contributed by atoms with Gasteiger partial charge in [0.05, 0.1) is 0 Å². The van der Waals surface area contributed by atoms with E-state index in [2.05, 4.69) is 12.2 Å². The third kappa shape index (κ3) is 3.69. The smallest absolute Gasteiger partial charge is 0.123 e. The molecule has 0 aromatic heterocycles. The van der Waals surface area contributed by atoms with Crippen LogP contribution >= 0.6 is 11.6 Å². The molecule has 0 saturated heterocycles. The summed E-state index contributed by atoms with van der Waals surface area (Å²) >= 11 is 6.05. The summed E-state index contributed by atoms with van der Waals surface area (Å²) in [6, 6.07) is 4.53. The van der Waals surface area contributed by atoms with E-state index in [0.29, 0.717) is 17.0 Å². The van der Waals surface area contributed by atoms with Gasteiger partial charge in [0.1, 0.15) is 5.82 Å². The molecule has 1 aliphatic rings. The van der Waals surface area contributed by atoms with Crippen molar-refractivity contribution in [3.05, 3.63) is 34.6 Å². The van der Waals surface area contributed by atoms with Crippen molar-refractivity contribution in [3.8, 4) is 0 Å². The molecule has 1 N–H and O–H groups in total. The van der Waals surface area contributed by atoms with Gasteiger partial charge in [0.2, 0.25) is 0 Å². The molecule has 0 spiro atoms. The lowest BCUT2D eigenvalue weighted by Crippen LogP contribution is -2.33. The van der Waals surface area contributed by atoms with Crippen molar-refractivity contribution >= 4 is 11.6 Å². The highest BCUT2D eigenvalue weighted by molar-refractivity contribution is 6.31. The highest BCUT2D eigenvalue weighted by Gasteiger charge is 2.26. The molecular weight excluding hydrogens is 249 g/mol. The van der Waals surface area contributed by atoms with Gasteiger partial charge in [-0.3, -0.25) is 0 Å². The zero-order chi connectivity index (χ0) is 13.0. The fourth-order valence-electron chi connectivity index (χ4n) is 2.76. The summed E-state index contributed by atoms with van der Waals surface area (Å²) < 4.78 is 13.1. The Kier molecular flexibility index (Phi) is 4.63. The van der Waals surface area contributed by atoms with Crippen LogP contribution in [0, 0.1) is 11.2 Å². The van der Waals surface area contributed by atoms with Crippen LogP contribution in [0.4, 0.5) is 4.39 Å². The molecule has 1 aliphatic carbocycles. The standard InChI is InChI=1S/C15H21ClFN/c1-15(7-3-2-4-8-15)11-18-10-12-9-13(17)5-6-14(12)16/h5-6,9,18H,2-4,7-8,10-11H2,1H3. The number of benzene rings is 1. The maximum atomic E-state index is 13.1. The van der Waals surface area contributed by atoms with E-state index >= 15 is 0 Å². The van der Waals surface area contributed by atoms with E-state index in [4.69, 9.17) is 11.6 Å². The molecule has 18 heavy (non-hydrogen) atoms. The molecule has 3 heteroatoms. The first kappa shape index (κ1) is 13.8. The Morgan fingerprint density at radius 1 is 1.28 bits per heavy atom. The number of nitrogens with one attached hydrogen (secondary N) is 1. The Bertz CT molecular complexity index is 399. The normalized spacial score (nSPS) is 18.8. The summed E-state index contributed by atoms with van der Waals surface area (Å²) in [5.41, 5.74) is 1.24. The summed E-state index contributed by atoms with van der Waals surface area (Å²) in [6.45, 7) is 3.97. The number of hydrogen-bond donors (Lipinski definition) is 1. The SMILES string of the molecule is CC1(CNCc2cc(F)ccc2Cl)CCCCC1. The molecule has 1 fully saturated rings. The summed E-state index contributed by atoms with van der Waals surface area (Å²) in [6.07, 6.45) is 6.61. The van der Waals surface area contributed by atoms with Crippen LogP contribution < -0.4 is 5.32 Å². The lowest BCUT2D eigenvalue weighted by molar-refractivity contribution is 0.207. The quantitative estimate of drug-likeness (QED) is 0.846. The lowest BCUT2D eigenvalue weighted by Gasteiger charge is -2.33. The molecule has 0 heterocycles. The second kappa shape index (κ2) is 6.03. The third-order valence-electron chi connectivity index (χ3n) is 3.94. The fourth-order valence-corrected chi connectivity index (χ4v) is 2.94. The molecule has 1 nitrogen and oxygen atoms in total. The summed E-state index contributed by atoms with van der Waals surface area (Å²) in [7, 11) is 0. The molecule has 1 aromatic carbocycles. The topological polar surface area (TPSA) is 12.0 Å². The van der Waals surface area contributed by atoms with Gasteiger partial charge in [0, 0.05) is 18.1 Å². The van der Waals surface area contributed by atoms with Gasteiger partial charge in [-0.1, -0.05) is 37.8 Å². The Morgan fingerprint density at radius 3 is 2.72 bits per heavy atom. The van der Waals surface area contributed by atoms with Crippen molar-refractivity contribution in [1.29, 1.82) is 0 Å². The minimum atomic E-state index is -0.222. The van der Waals surface area contributed by atoms with Gasteiger partial charge in [0.15, 0.2) is 0 Å². The molecule has 1 saturated carbocycles. The molecule has 100 valence electrons. The van der Waals surface area contributed by atoms with Crippen molar-refractivity contribution in [2.24, 2.45) is 5.41 Å². The van der Waals surface area contributed by atoms with Crippen molar-refractivity contribution < 1.29 is 4.39 Å². The maximum absolute atomic E-state index is 13.1. The average molecular weight is 270 g/mol. The first-order chi connectivity index (χ1) is 8.59. The van der Waals surface area contributed by atoms with E-state index in [9.17, 15) is 4.39 Å². The molecule has 2 rings (SSSR count). The molecule has 0 aliphatic heterocycles. The van der Waals surface area contributed by atoms with Gasteiger partial charge in [-0.25, -0.2) is 4.39 Å². The van der Waals surface area contributed by atoms with Crippen LogP contribution in [-0.4, -0.2) is 6.54 Å². The average Bonchev–Trinajstić information content (AvgIpc) is 2.34. The minimum absolute atomic E-state index is 0.222. The predicted octanol–water partition coefficient (Wildman–Crippen LogP) is 4.54. The van der Waals surface area contributed by atoms with E-state index in [1.54, 1.807) is 6.07 Å². The van der Waals surface area contributed by atoms with Crippen molar-refractivity contribution in [2.75, 3.05) is 6.54 Å². The molecule has 0 radical (unpaired) electrons. The first-order valence-corrected chi connectivity index (χ1v) is 7.12. The van der Waals surface area contributed by atoms with Gasteiger partial charge in [-0.2, -0.15) is 0 Å². The van der Waals surface area contributed by atoms with E-state index in [1.807, 2.05) is 0 Å². The van der Waals surface area contributed by atoms with Crippen molar-refractivity contribution in [3.63, 3.8) is 0 Å². The third-order valence-corrected chi connectivity index (χ3v) is 4.30. The highest BCUT2D eigenvalue weighted by atomic mass is 35.5. The number of halogens is 2. The Hall–Kier alpha value is -0.600. The van der Waals surface area contributed by atoms with Gasteiger partial charge < -0.3 is 5.32 Å². The van der Waals surface area contributed by atoms with Crippen LogP contribution in [0.25, 0.3) is 0 Å². The first-order valence-electron chi connectivity index (χ1n) is 6.74. The zero-order valence-corrected chi connectivity index (χ0v) is 11.7. The van der Waals surface area contributed by atoms with Crippen LogP contribution in [0.3, 0.4) is 0 Å². The minimum Gasteiger partial charge on any atom is -0.312 e. The zero-order valence-electron chi connectivity index (χ0n) is 10.9. The van der Waals surface area contributed by atoms with Gasteiger partial charge in [-0.15, -0.1) is 0 Å². The van der Waals surface area contributed by atoms with Gasteiger partial charge >= 0.3 is 0 Å².